The lowest BCUT2D eigenvalue weighted by Crippen LogP contribution is -2.21. The Morgan fingerprint density at radius 3 is 2.55 bits per heavy atom. The number of nitrogens with zero attached hydrogens (tertiary/aromatic N) is 1. The van der Waals surface area contributed by atoms with Gasteiger partial charge in [-0.05, 0) is 31.7 Å². The number of carbonyl (C=O) groups excluding carboxylic acids is 1. The molecule has 0 spiro atoms. The highest BCUT2D eigenvalue weighted by Gasteiger charge is 2.15. The topological polar surface area (TPSA) is 65.2 Å². The summed E-state index contributed by atoms with van der Waals surface area (Å²) < 4.78 is 5.23. The average Bonchev–Trinajstić information content (AvgIpc) is 2.71. The predicted octanol–water partition coefficient (Wildman–Crippen LogP) is 3.35. The number of rotatable bonds is 7. The summed E-state index contributed by atoms with van der Waals surface area (Å²) in [5, 5.41) is 0.987. The van der Waals surface area contributed by atoms with Gasteiger partial charge in [-0.2, -0.15) is 0 Å². The van der Waals surface area contributed by atoms with Gasteiger partial charge in [-0.15, -0.1) is 36.2 Å². The lowest BCUT2D eigenvalue weighted by Gasteiger charge is -2.15. The normalized spacial score (nSPS) is 11.4. The standard InChI is InChI=1S/C13H22N2O2S.2ClH/c1-9(2)4-11(6-14)5-13(16)17-8-12-7-15-10(3)18-12;;/h7,9,11H,4-6,8,14H2,1-3H3;2*1H/t11-;;/m0../s1. The van der Waals surface area contributed by atoms with Crippen LogP contribution in [0.3, 0.4) is 0 Å². The van der Waals surface area contributed by atoms with Crippen molar-refractivity contribution < 1.29 is 9.53 Å². The van der Waals surface area contributed by atoms with E-state index < -0.39 is 0 Å². The number of carbonyl (C=O) groups is 1. The molecule has 1 heterocycles. The van der Waals surface area contributed by atoms with E-state index in [0.29, 0.717) is 25.5 Å². The highest BCUT2D eigenvalue weighted by molar-refractivity contribution is 7.11. The quantitative estimate of drug-likeness (QED) is 0.771. The van der Waals surface area contributed by atoms with Gasteiger partial charge in [-0.3, -0.25) is 4.79 Å². The fourth-order valence-electron chi connectivity index (χ4n) is 1.85. The van der Waals surface area contributed by atoms with Gasteiger partial charge in [0.05, 0.1) is 9.88 Å². The maximum atomic E-state index is 11.7. The zero-order chi connectivity index (χ0) is 13.5. The third-order valence-corrected chi connectivity index (χ3v) is 3.52. The first kappa shape index (κ1) is 21.9. The summed E-state index contributed by atoms with van der Waals surface area (Å²) in [4.78, 5) is 16.8. The molecule has 0 saturated heterocycles. The Bertz CT molecular complexity index is 386. The molecular formula is C13H24Cl2N2O2S. The first-order valence-electron chi connectivity index (χ1n) is 6.28. The number of hydrogen-bond donors (Lipinski definition) is 1. The van der Waals surface area contributed by atoms with Gasteiger partial charge >= 0.3 is 5.97 Å². The van der Waals surface area contributed by atoms with Crippen LogP contribution in [0.2, 0.25) is 0 Å². The number of halogens is 2. The van der Waals surface area contributed by atoms with Gasteiger partial charge in [0.25, 0.3) is 0 Å². The van der Waals surface area contributed by atoms with E-state index in [9.17, 15) is 4.79 Å². The van der Waals surface area contributed by atoms with Crippen LogP contribution in [0, 0.1) is 18.8 Å². The smallest absolute Gasteiger partial charge is 0.306 e. The zero-order valence-corrected chi connectivity index (χ0v) is 14.6. The number of aromatic nitrogens is 1. The van der Waals surface area contributed by atoms with Crippen LogP contribution in [-0.2, 0) is 16.1 Å². The Morgan fingerprint density at radius 2 is 2.10 bits per heavy atom. The number of nitrogens with two attached hydrogens (primary N) is 1. The van der Waals surface area contributed by atoms with E-state index in [1.165, 1.54) is 0 Å². The fraction of sp³-hybridized carbons (Fsp3) is 0.692. The van der Waals surface area contributed by atoms with E-state index in [0.717, 1.165) is 16.3 Å². The van der Waals surface area contributed by atoms with Crippen molar-refractivity contribution in [3.05, 3.63) is 16.1 Å². The summed E-state index contributed by atoms with van der Waals surface area (Å²) in [6.45, 7) is 7.06. The molecule has 4 nitrogen and oxygen atoms in total. The third-order valence-electron chi connectivity index (χ3n) is 2.64. The van der Waals surface area contributed by atoms with Crippen molar-refractivity contribution in [3.63, 3.8) is 0 Å². The maximum Gasteiger partial charge on any atom is 0.306 e. The molecule has 1 aromatic heterocycles. The van der Waals surface area contributed by atoms with Crippen LogP contribution in [0.4, 0.5) is 0 Å². The van der Waals surface area contributed by atoms with Crippen LogP contribution in [0.25, 0.3) is 0 Å². The van der Waals surface area contributed by atoms with Crippen LogP contribution in [0.1, 0.15) is 36.6 Å². The van der Waals surface area contributed by atoms with E-state index in [1.54, 1.807) is 17.5 Å². The largest absolute Gasteiger partial charge is 0.460 e. The third kappa shape index (κ3) is 8.74. The molecule has 0 aliphatic carbocycles. The van der Waals surface area contributed by atoms with Crippen molar-refractivity contribution in [2.45, 2.75) is 40.2 Å². The second-order valence-electron chi connectivity index (χ2n) is 4.94. The van der Waals surface area contributed by atoms with E-state index in [4.69, 9.17) is 10.5 Å². The summed E-state index contributed by atoms with van der Waals surface area (Å²) in [7, 11) is 0. The van der Waals surface area contributed by atoms with Crippen LogP contribution < -0.4 is 5.73 Å². The van der Waals surface area contributed by atoms with E-state index >= 15 is 0 Å². The van der Waals surface area contributed by atoms with Crippen LogP contribution >= 0.6 is 36.2 Å². The Labute approximate surface area is 137 Å². The lowest BCUT2D eigenvalue weighted by atomic mass is 9.94. The number of ether oxygens (including phenoxy) is 1. The molecule has 0 bridgehead atoms. The number of thiazole rings is 1. The molecule has 118 valence electrons. The van der Waals surface area contributed by atoms with Gasteiger partial charge in [0.15, 0.2) is 0 Å². The minimum atomic E-state index is -0.169. The summed E-state index contributed by atoms with van der Waals surface area (Å²) in [5.41, 5.74) is 5.66. The second-order valence-corrected chi connectivity index (χ2v) is 6.26. The molecule has 0 aromatic carbocycles. The maximum absolute atomic E-state index is 11.7. The predicted molar refractivity (Wildman–Crippen MR) is 87.8 cm³/mol. The second kappa shape index (κ2) is 11.3. The molecule has 7 heteroatoms. The van der Waals surface area contributed by atoms with Crippen molar-refractivity contribution in [2.75, 3.05) is 6.54 Å². The molecular weight excluding hydrogens is 319 g/mol. The summed E-state index contributed by atoms with van der Waals surface area (Å²) >= 11 is 1.55. The molecule has 0 aliphatic rings. The fourth-order valence-corrected chi connectivity index (χ4v) is 2.56. The Hall–Kier alpha value is -0.360. The Kier molecular flexibility index (Phi) is 12.4. The van der Waals surface area contributed by atoms with Crippen LogP contribution in [0.15, 0.2) is 6.20 Å². The Balaban J connectivity index is 0. The van der Waals surface area contributed by atoms with Crippen molar-refractivity contribution >= 4 is 42.1 Å². The number of hydrogen-bond acceptors (Lipinski definition) is 5. The average molecular weight is 343 g/mol. The van der Waals surface area contributed by atoms with Gasteiger partial charge < -0.3 is 10.5 Å². The van der Waals surface area contributed by atoms with Crippen molar-refractivity contribution in [1.82, 2.24) is 4.98 Å². The summed E-state index contributed by atoms with van der Waals surface area (Å²) in [6.07, 6.45) is 3.12. The molecule has 0 unspecified atom stereocenters. The van der Waals surface area contributed by atoms with Crippen molar-refractivity contribution in [1.29, 1.82) is 0 Å². The molecule has 0 radical (unpaired) electrons. The minimum absolute atomic E-state index is 0. The van der Waals surface area contributed by atoms with E-state index in [-0.39, 0.29) is 36.7 Å². The van der Waals surface area contributed by atoms with E-state index in [1.807, 2.05) is 6.92 Å². The number of esters is 1. The molecule has 0 fully saturated rings. The number of aryl methyl sites for hydroxylation is 1. The molecule has 2 N–H and O–H groups in total. The minimum Gasteiger partial charge on any atom is -0.460 e. The van der Waals surface area contributed by atoms with Crippen LogP contribution in [0.5, 0.6) is 0 Å². The van der Waals surface area contributed by atoms with E-state index in [2.05, 4.69) is 18.8 Å². The molecule has 1 aromatic rings. The molecule has 1 rings (SSSR count). The van der Waals surface area contributed by atoms with Crippen molar-refractivity contribution in [3.8, 4) is 0 Å². The first-order valence-corrected chi connectivity index (χ1v) is 7.10. The van der Waals surface area contributed by atoms with Crippen LogP contribution in [-0.4, -0.2) is 17.5 Å². The highest BCUT2D eigenvalue weighted by atomic mass is 35.5. The SMILES string of the molecule is Cc1ncc(COC(=O)C[C@@H](CN)CC(C)C)s1.Cl.Cl. The lowest BCUT2D eigenvalue weighted by molar-refractivity contribution is -0.146. The van der Waals surface area contributed by atoms with Gasteiger partial charge in [0.2, 0.25) is 0 Å². The molecule has 0 aliphatic heterocycles. The zero-order valence-electron chi connectivity index (χ0n) is 12.1. The molecule has 0 saturated carbocycles. The Morgan fingerprint density at radius 1 is 1.45 bits per heavy atom. The molecule has 1 atom stereocenters. The van der Waals surface area contributed by atoms with Crippen molar-refractivity contribution in [2.24, 2.45) is 17.6 Å². The molecule has 20 heavy (non-hydrogen) atoms. The summed E-state index contributed by atoms with van der Waals surface area (Å²) in [6, 6.07) is 0. The van der Waals surface area contributed by atoms with Gasteiger partial charge in [0, 0.05) is 12.6 Å². The van der Waals surface area contributed by atoms with Gasteiger partial charge in [-0.1, -0.05) is 13.8 Å². The highest BCUT2D eigenvalue weighted by Crippen LogP contribution is 2.16. The van der Waals surface area contributed by atoms with Gasteiger partial charge in [-0.25, -0.2) is 4.98 Å². The van der Waals surface area contributed by atoms with Gasteiger partial charge in [0.1, 0.15) is 6.61 Å². The summed E-state index contributed by atoms with van der Waals surface area (Å²) in [5.74, 6) is 0.605. The first-order chi connectivity index (χ1) is 8.51. The monoisotopic (exact) mass is 342 g/mol. The molecule has 0 amide bonds.